The van der Waals surface area contributed by atoms with Gasteiger partial charge >= 0.3 is 0 Å². The molecule has 5 aliphatic carbocycles. The van der Waals surface area contributed by atoms with Crippen molar-refractivity contribution in [1.82, 2.24) is 0 Å². The van der Waals surface area contributed by atoms with Gasteiger partial charge in [0.15, 0.2) is 0 Å². The molecule has 0 heterocycles. The molecule has 0 aliphatic heterocycles. The number of allylic oxidation sites excluding steroid dienone is 1. The van der Waals surface area contributed by atoms with E-state index in [4.69, 9.17) is 0 Å². The fourth-order valence-corrected chi connectivity index (χ4v) is 11.7. The molecule has 5 aliphatic rings. The van der Waals surface area contributed by atoms with Gasteiger partial charge in [0, 0.05) is 0 Å². The molecule has 0 bridgehead atoms. The summed E-state index contributed by atoms with van der Waals surface area (Å²) in [4.78, 5) is 0. The third-order valence-electron chi connectivity index (χ3n) is 13.4. The molecule has 0 spiro atoms. The predicted molar refractivity (Wildman–Crippen MR) is 133 cm³/mol. The third kappa shape index (κ3) is 2.80. The van der Waals surface area contributed by atoms with Crippen molar-refractivity contribution in [3.63, 3.8) is 0 Å². The second kappa shape index (κ2) is 7.10. The van der Waals surface area contributed by atoms with Crippen molar-refractivity contribution in [3.8, 4) is 0 Å². The molecule has 4 unspecified atom stereocenters. The molecule has 0 aromatic carbocycles. The van der Waals surface area contributed by atoms with Crippen molar-refractivity contribution in [2.75, 3.05) is 0 Å². The highest BCUT2D eigenvalue weighted by Gasteiger charge is 2.73. The topological polar surface area (TPSA) is 60.7 Å². The molecule has 0 amide bonds. The fourth-order valence-electron chi connectivity index (χ4n) is 11.7. The highest BCUT2D eigenvalue weighted by Crippen LogP contribution is 2.77. The molecule has 0 aromatic heterocycles. The second-order valence-electron chi connectivity index (χ2n) is 14.9. The van der Waals surface area contributed by atoms with E-state index in [-0.39, 0.29) is 45.2 Å². The van der Waals surface area contributed by atoms with E-state index in [1.165, 1.54) is 18.4 Å². The highest BCUT2D eigenvalue weighted by molar-refractivity contribution is 5.23. The largest absolute Gasteiger partial charge is 0.393 e. The summed E-state index contributed by atoms with van der Waals surface area (Å²) < 4.78 is 0. The molecule has 0 aromatic rings. The van der Waals surface area contributed by atoms with Crippen LogP contribution in [0.25, 0.3) is 0 Å². The SMILES string of the molecule is C=C(C)[C@@H]1CC[C@@]2(C)C1C1CCC3[C@@]4(C)CC[C@H](O)C(C)(C)C4[C@H](O)C[C@@]3(C)[C@]1(C)C[C@@H]2O. The van der Waals surface area contributed by atoms with Crippen molar-refractivity contribution in [2.24, 2.45) is 56.7 Å². The lowest BCUT2D eigenvalue weighted by molar-refractivity contribution is -0.284. The van der Waals surface area contributed by atoms with Crippen molar-refractivity contribution < 1.29 is 15.3 Å². The molecule has 33 heavy (non-hydrogen) atoms. The van der Waals surface area contributed by atoms with E-state index >= 15 is 0 Å². The summed E-state index contributed by atoms with van der Waals surface area (Å²) in [5, 5.41) is 34.4. The van der Waals surface area contributed by atoms with Gasteiger partial charge in [0.1, 0.15) is 0 Å². The minimum absolute atomic E-state index is 0.00630. The van der Waals surface area contributed by atoms with Crippen molar-refractivity contribution in [2.45, 2.75) is 118 Å². The first-order chi connectivity index (χ1) is 15.1. The van der Waals surface area contributed by atoms with E-state index in [9.17, 15) is 15.3 Å². The minimum atomic E-state index is -0.400. The van der Waals surface area contributed by atoms with Gasteiger partial charge < -0.3 is 15.3 Å². The van der Waals surface area contributed by atoms with Gasteiger partial charge in [-0.25, -0.2) is 0 Å². The first-order valence-electron chi connectivity index (χ1n) is 13.8. The predicted octanol–water partition coefficient (Wildman–Crippen LogP) is 5.97. The number of hydrogen-bond donors (Lipinski definition) is 3. The lowest BCUT2D eigenvalue weighted by atomic mass is 9.31. The van der Waals surface area contributed by atoms with Crippen LogP contribution in [0.15, 0.2) is 12.2 Å². The van der Waals surface area contributed by atoms with Crippen LogP contribution in [-0.2, 0) is 0 Å². The van der Waals surface area contributed by atoms with Gasteiger partial charge in [0.25, 0.3) is 0 Å². The van der Waals surface area contributed by atoms with Crippen LogP contribution in [0.2, 0.25) is 0 Å². The summed E-state index contributed by atoms with van der Waals surface area (Å²) in [6, 6.07) is 0. The summed E-state index contributed by atoms with van der Waals surface area (Å²) in [5.41, 5.74) is 1.04. The van der Waals surface area contributed by atoms with Crippen molar-refractivity contribution in [3.05, 3.63) is 12.2 Å². The minimum Gasteiger partial charge on any atom is -0.393 e. The molecule has 3 N–H and O–H groups in total. The molecule has 0 saturated heterocycles. The van der Waals surface area contributed by atoms with Crippen LogP contribution < -0.4 is 0 Å². The zero-order chi connectivity index (χ0) is 24.4. The molecule has 5 fully saturated rings. The Morgan fingerprint density at radius 2 is 1.39 bits per heavy atom. The number of aliphatic hydroxyl groups excluding tert-OH is 3. The quantitative estimate of drug-likeness (QED) is 0.425. The maximum Gasteiger partial charge on any atom is 0.0602 e. The normalized spacial score (nSPS) is 59.7. The molecular weight excluding hydrogens is 408 g/mol. The van der Waals surface area contributed by atoms with Gasteiger partial charge in [-0.2, -0.15) is 0 Å². The van der Waals surface area contributed by atoms with Gasteiger partial charge in [-0.15, -0.1) is 0 Å². The fraction of sp³-hybridized carbons (Fsp3) is 0.933. The van der Waals surface area contributed by atoms with Gasteiger partial charge in [0.2, 0.25) is 0 Å². The molecule has 188 valence electrons. The Kier molecular flexibility index (Phi) is 5.23. The first-order valence-corrected chi connectivity index (χ1v) is 13.8. The van der Waals surface area contributed by atoms with Crippen LogP contribution in [0.3, 0.4) is 0 Å². The molecule has 3 heteroatoms. The number of hydrogen-bond acceptors (Lipinski definition) is 3. The van der Waals surface area contributed by atoms with E-state index in [1.807, 2.05) is 0 Å². The van der Waals surface area contributed by atoms with Gasteiger partial charge in [-0.3, -0.25) is 0 Å². The maximum atomic E-state index is 11.8. The van der Waals surface area contributed by atoms with Crippen molar-refractivity contribution in [1.29, 1.82) is 0 Å². The van der Waals surface area contributed by atoms with Crippen LogP contribution in [0.1, 0.15) is 99.8 Å². The third-order valence-corrected chi connectivity index (χ3v) is 13.4. The van der Waals surface area contributed by atoms with E-state index in [0.29, 0.717) is 23.7 Å². The van der Waals surface area contributed by atoms with E-state index in [1.54, 1.807) is 0 Å². The monoisotopic (exact) mass is 458 g/mol. The Labute approximate surface area is 202 Å². The van der Waals surface area contributed by atoms with Gasteiger partial charge in [0.05, 0.1) is 18.3 Å². The Morgan fingerprint density at radius 3 is 2.03 bits per heavy atom. The Bertz CT molecular complexity index is 834. The molecule has 5 rings (SSSR count). The van der Waals surface area contributed by atoms with Crippen LogP contribution in [0.5, 0.6) is 0 Å². The maximum absolute atomic E-state index is 11.8. The van der Waals surface area contributed by atoms with E-state index in [2.05, 4.69) is 55.0 Å². The first kappa shape index (κ1) is 24.3. The molecular formula is C30H50O3. The smallest absolute Gasteiger partial charge is 0.0602 e. The summed E-state index contributed by atoms with van der Waals surface area (Å²) in [6.45, 7) is 20.7. The molecule has 3 nitrogen and oxygen atoms in total. The average molecular weight is 459 g/mol. The number of rotatable bonds is 1. The zero-order valence-electron chi connectivity index (χ0n) is 22.3. The number of aliphatic hydroxyl groups is 3. The number of fused-ring (bicyclic) bond motifs is 7. The second-order valence-corrected chi connectivity index (χ2v) is 14.9. The summed E-state index contributed by atoms with van der Waals surface area (Å²) >= 11 is 0. The Hall–Kier alpha value is -0.380. The van der Waals surface area contributed by atoms with E-state index in [0.717, 1.165) is 38.5 Å². The lowest BCUT2D eigenvalue weighted by Crippen LogP contribution is -2.70. The van der Waals surface area contributed by atoms with Gasteiger partial charge in [-0.05, 0) is 115 Å². The molecule has 0 radical (unpaired) electrons. The zero-order valence-corrected chi connectivity index (χ0v) is 22.3. The summed E-state index contributed by atoms with van der Waals surface area (Å²) in [6.07, 6.45) is 7.19. The lowest BCUT2D eigenvalue weighted by Gasteiger charge is -2.74. The highest BCUT2D eigenvalue weighted by atomic mass is 16.3. The Morgan fingerprint density at radius 1 is 0.758 bits per heavy atom. The summed E-state index contributed by atoms with van der Waals surface area (Å²) in [7, 11) is 0. The van der Waals surface area contributed by atoms with Crippen LogP contribution in [0, 0.1) is 56.7 Å². The van der Waals surface area contributed by atoms with Gasteiger partial charge in [-0.1, -0.05) is 53.7 Å². The Balaban J connectivity index is 1.60. The van der Waals surface area contributed by atoms with Crippen LogP contribution in [0.4, 0.5) is 0 Å². The average Bonchev–Trinajstić information content (AvgIpc) is 3.05. The standard InChI is InChI=1S/C30H50O3/c1-17(2)18-11-13-28(6)23(33)16-29(7)19(24(18)28)9-10-21-27(5)14-12-22(32)26(3,4)25(27)20(31)15-30(21,29)8/h18-25,31-33H,1,9-16H2,2-8H3/t18-,19?,20+,21?,22-,23-,24?,25?,27+,28+,29+,30+/m0/s1. The summed E-state index contributed by atoms with van der Waals surface area (Å²) in [5.74, 6) is 2.22. The van der Waals surface area contributed by atoms with Crippen LogP contribution in [-0.4, -0.2) is 33.6 Å². The van der Waals surface area contributed by atoms with Crippen LogP contribution >= 0.6 is 0 Å². The van der Waals surface area contributed by atoms with Crippen molar-refractivity contribution >= 4 is 0 Å². The molecule has 5 saturated carbocycles. The molecule has 12 atom stereocenters. The van der Waals surface area contributed by atoms with E-state index < -0.39 is 6.10 Å².